The smallest absolute Gasteiger partial charge is 0.326 e. The Hall–Kier alpha value is -1.10. The molecule has 4 unspecified atom stereocenters. The van der Waals surface area contributed by atoms with Crippen molar-refractivity contribution in [1.29, 1.82) is 0 Å². The fourth-order valence-corrected chi connectivity index (χ4v) is 3.79. The number of aliphatic carboxylic acids is 1. The lowest BCUT2D eigenvalue weighted by atomic mass is 9.67. The Kier molecular flexibility index (Phi) is 5.40. The summed E-state index contributed by atoms with van der Waals surface area (Å²) in [5, 5.41) is 20.4. The Morgan fingerprint density at radius 1 is 1.10 bits per heavy atom. The number of rotatable bonds is 5. The molecule has 0 heterocycles. The van der Waals surface area contributed by atoms with Gasteiger partial charge in [0, 0.05) is 18.9 Å². The van der Waals surface area contributed by atoms with Crippen LogP contribution in [0.2, 0.25) is 0 Å². The highest BCUT2D eigenvalue weighted by molar-refractivity contribution is 5.85. The number of carbonyl (C=O) groups excluding carboxylic acids is 1. The molecule has 0 aromatic carbocycles. The van der Waals surface area contributed by atoms with Crippen LogP contribution in [0.4, 0.5) is 0 Å². The molecule has 0 radical (unpaired) electrons. The maximum absolute atomic E-state index is 12.2. The highest BCUT2D eigenvalue weighted by atomic mass is 16.4. The molecular weight excluding hydrogens is 258 g/mol. The number of hydrogen-bond donors (Lipinski definition) is 3. The van der Waals surface area contributed by atoms with Crippen molar-refractivity contribution in [2.45, 2.75) is 57.4 Å². The van der Waals surface area contributed by atoms with Crippen molar-refractivity contribution in [3.05, 3.63) is 0 Å². The molecule has 5 nitrogen and oxygen atoms in total. The first kappa shape index (κ1) is 15.3. The average Bonchev–Trinajstić information content (AvgIpc) is 2.46. The number of carbonyl (C=O) groups is 2. The number of fused-ring (bicyclic) bond motifs is 1. The van der Waals surface area contributed by atoms with Gasteiger partial charge in [0.05, 0.1) is 0 Å². The van der Waals surface area contributed by atoms with Crippen LogP contribution >= 0.6 is 0 Å². The van der Waals surface area contributed by atoms with Gasteiger partial charge in [0.15, 0.2) is 0 Å². The zero-order valence-corrected chi connectivity index (χ0v) is 11.9. The molecule has 4 atom stereocenters. The maximum Gasteiger partial charge on any atom is 0.326 e. The van der Waals surface area contributed by atoms with E-state index in [1.807, 2.05) is 0 Å². The van der Waals surface area contributed by atoms with E-state index in [0.717, 1.165) is 25.2 Å². The molecule has 2 fully saturated rings. The van der Waals surface area contributed by atoms with Crippen LogP contribution in [-0.4, -0.2) is 34.7 Å². The number of aliphatic hydroxyl groups is 1. The van der Waals surface area contributed by atoms with Crippen LogP contribution in [0.25, 0.3) is 0 Å². The molecule has 3 N–H and O–H groups in total. The number of nitrogens with one attached hydrogen (secondary N) is 1. The van der Waals surface area contributed by atoms with E-state index in [9.17, 15) is 9.59 Å². The van der Waals surface area contributed by atoms with Crippen molar-refractivity contribution in [3.8, 4) is 0 Å². The van der Waals surface area contributed by atoms with Crippen LogP contribution in [0, 0.1) is 17.8 Å². The molecule has 2 aliphatic carbocycles. The van der Waals surface area contributed by atoms with Crippen LogP contribution in [0.15, 0.2) is 0 Å². The van der Waals surface area contributed by atoms with Crippen LogP contribution in [-0.2, 0) is 9.59 Å². The monoisotopic (exact) mass is 283 g/mol. The van der Waals surface area contributed by atoms with Gasteiger partial charge >= 0.3 is 5.97 Å². The summed E-state index contributed by atoms with van der Waals surface area (Å²) in [7, 11) is 0. The van der Waals surface area contributed by atoms with E-state index in [0.29, 0.717) is 5.92 Å². The van der Waals surface area contributed by atoms with Crippen molar-refractivity contribution in [2.75, 3.05) is 6.61 Å². The Morgan fingerprint density at radius 3 is 2.45 bits per heavy atom. The fourth-order valence-electron chi connectivity index (χ4n) is 3.79. The zero-order chi connectivity index (χ0) is 14.5. The summed E-state index contributed by atoms with van der Waals surface area (Å²) < 4.78 is 0. The van der Waals surface area contributed by atoms with Crippen molar-refractivity contribution >= 4 is 11.9 Å². The summed E-state index contributed by atoms with van der Waals surface area (Å²) in [5.41, 5.74) is 0. The first-order chi connectivity index (χ1) is 9.61. The minimum atomic E-state index is -1.07. The highest BCUT2D eigenvalue weighted by Crippen LogP contribution is 2.42. The summed E-state index contributed by atoms with van der Waals surface area (Å²) in [6, 6.07) is -0.962. The number of hydrogen-bond acceptors (Lipinski definition) is 3. The van der Waals surface area contributed by atoms with Gasteiger partial charge < -0.3 is 15.5 Å². The first-order valence-electron chi connectivity index (χ1n) is 7.76. The summed E-state index contributed by atoms with van der Waals surface area (Å²) in [4.78, 5) is 23.2. The van der Waals surface area contributed by atoms with Gasteiger partial charge in [-0.25, -0.2) is 4.79 Å². The standard InChI is InChI=1S/C15H25NO4/c17-8-7-13(15(19)20)16-14(18)12-6-5-10-3-1-2-4-11(10)9-12/h10-13,17H,1-9H2,(H,16,18)(H,19,20). The molecule has 0 aromatic rings. The number of amides is 1. The molecule has 5 heteroatoms. The van der Waals surface area contributed by atoms with Gasteiger partial charge in [-0.1, -0.05) is 25.7 Å². The van der Waals surface area contributed by atoms with Crippen LogP contribution in [0.1, 0.15) is 51.4 Å². The molecule has 0 spiro atoms. The zero-order valence-electron chi connectivity index (χ0n) is 11.9. The number of carboxylic acids is 1. The van der Waals surface area contributed by atoms with Gasteiger partial charge in [-0.05, 0) is 31.1 Å². The third kappa shape index (κ3) is 3.72. The highest BCUT2D eigenvalue weighted by Gasteiger charge is 2.35. The van der Waals surface area contributed by atoms with Crippen LogP contribution in [0.3, 0.4) is 0 Å². The molecule has 2 saturated carbocycles. The number of aliphatic hydroxyl groups excluding tert-OH is 1. The van der Waals surface area contributed by atoms with Crippen molar-refractivity contribution < 1.29 is 19.8 Å². The molecule has 0 aliphatic heterocycles. The van der Waals surface area contributed by atoms with Crippen molar-refractivity contribution in [1.82, 2.24) is 5.32 Å². The second-order valence-corrected chi connectivity index (χ2v) is 6.23. The van der Waals surface area contributed by atoms with Crippen LogP contribution < -0.4 is 5.32 Å². The van der Waals surface area contributed by atoms with E-state index in [2.05, 4.69) is 5.32 Å². The molecule has 114 valence electrons. The van der Waals surface area contributed by atoms with Gasteiger partial charge in [-0.2, -0.15) is 0 Å². The van der Waals surface area contributed by atoms with E-state index in [-0.39, 0.29) is 24.9 Å². The Bertz CT molecular complexity index is 358. The summed E-state index contributed by atoms with van der Waals surface area (Å²) in [6.45, 7) is -0.230. The van der Waals surface area contributed by atoms with Gasteiger partial charge in [0.1, 0.15) is 6.04 Å². The quantitative estimate of drug-likeness (QED) is 0.714. The van der Waals surface area contributed by atoms with Gasteiger partial charge in [0.25, 0.3) is 0 Å². The molecule has 0 saturated heterocycles. The lowest BCUT2D eigenvalue weighted by Crippen LogP contribution is -2.45. The molecule has 0 bridgehead atoms. The lowest BCUT2D eigenvalue weighted by molar-refractivity contribution is -0.143. The summed E-state index contributed by atoms with van der Waals surface area (Å²) in [5.74, 6) is 0.165. The van der Waals surface area contributed by atoms with E-state index in [4.69, 9.17) is 10.2 Å². The third-order valence-corrected chi connectivity index (χ3v) is 4.94. The topological polar surface area (TPSA) is 86.6 Å². The largest absolute Gasteiger partial charge is 0.480 e. The van der Waals surface area contributed by atoms with Gasteiger partial charge in [-0.15, -0.1) is 0 Å². The van der Waals surface area contributed by atoms with Crippen LogP contribution in [0.5, 0.6) is 0 Å². The van der Waals surface area contributed by atoms with E-state index >= 15 is 0 Å². The molecule has 2 aliphatic rings. The summed E-state index contributed by atoms with van der Waals surface area (Å²) >= 11 is 0. The van der Waals surface area contributed by atoms with E-state index in [1.54, 1.807) is 0 Å². The summed E-state index contributed by atoms with van der Waals surface area (Å²) in [6.07, 6.45) is 8.03. The average molecular weight is 283 g/mol. The number of carboxylic acid groups (broad SMARTS) is 1. The minimum Gasteiger partial charge on any atom is -0.480 e. The fraction of sp³-hybridized carbons (Fsp3) is 0.867. The van der Waals surface area contributed by atoms with E-state index in [1.165, 1.54) is 25.7 Å². The van der Waals surface area contributed by atoms with Gasteiger partial charge in [-0.3, -0.25) is 4.79 Å². The second-order valence-electron chi connectivity index (χ2n) is 6.23. The predicted octanol–water partition coefficient (Wildman–Crippen LogP) is 1.54. The Balaban J connectivity index is 1.87. The maximum atomic E-state index is 12.2. The molecule has 0 aromatic heterocycles. The van der Waals surface area contributed by atoms with Crippen molar-refractivity contribution in [3.63, 3.8) is 0 Å². The Morgan fingerprint density at radius 2 is 1.80 bits per heavy atom. The lowest BCUT2D eigenvalue weighted by Gasteiger charge is -2.39. The molecule has 20 heavy (non-hydrogen) atoms. The third-order valence-electron chi connectivity index (χ3n) is 4.94. The SMILES string of the molecule is O=C(NC(CCO)C(=O)O)C1CCC2CCCCC2C1. The molecule has 1 amide bonds. The normalized spacial score (nSPS) is 31.1. The van der Waals surface area contributed by atoms with E-state index < -0.39 is 12.0 Å². The Labute approximate surface area is 119 Å². The second kappa shape index (κ2) is 7.07. The predicted molar refractivity (Wildman–Crippen MR) is 74.1 cm³/mol. The van der Waals surface area contributed by atoms with Gasteiger partial charge in [0.2, 0.25) is 5.91 Å². The molecule has 2 rings (SSSR count). The van der Waals surface area contributed by atoms with Crippen molar-refractivity contribution in [2.24, 2.45) is 17.8 Å². The first-order valence-corrected chi connectivity index (χ1v) is 7.76. The minimum absolute atomic E-state index is 0.0464. The molecular formula is C15H25NO4.